The van der Waals surface area contributed by atoms with Crippen LogP contribution >= 0.6 is 0 Å². The number of nitrogens with one attached hydrogen (secondary N) is 3. The fraction of sp³-hybridized carbons (Fsp3) is 0.375. The van der Waals surface area contributed by atoms with Gasteiger partial charge in [0.2, 0.25) is 5.95 Å². The first-order valence-corrected chi connectivity index (χ1v) is 14.2. The van der Waals surface area contributed by atoms with Crippen LogP contribution in [-0.2, 0) is 10.3 Å². The topological polar surface area (TPSA) is 108 Å². The highest BCUT2D eigenvalue weighted by molar-refractivity contribution is 5.92. The second-order valence-electron chi connectivity index (χ2n) is 12.0. The first kappa shape index (κ1) is 27.5. The number of aromatic nitrogens is 4. The van der Waals surface area contributed by atoms with Gasteiger partial charge in [0.05, 0.1) is 16.7 Å². The zero-order valence-corrected chi connectivity index (χ0v) is 24.0. The summed E-state index contributed by atoms with van der Waals surface area (Å²) in [6, 6.07) is 15.4. The smallest absolute Gasteiger partial charge is 0.408 e. The summed E-state index contributed by atoms with van der Waals surface area (Å²) < 4.78 is 20.8. The summed E-state index contributed by atoms with van der Waals surface area (Å²) in [5, 5.41) is 14.0. The minimum atomic E-state index is -0.614. The molecule has 216 valence electrons. The average Bonchev–Trinajstić information content (AvgIpc) is 3.75. The summed E-state index contributed by atoms with van der Waals surface area (Å²) in [6.07, 6.45) is 8.32. The molecule has 6 rings (SSSR count). The number of piperidine rings is 1. The Labute approximate surface area is 244 Å². The van der Waals surface area contributed by atoms with E-state index >= 15 is 4.39 Å². The molecule has 2 aromatic carbocycles. The van der Waals surface area contributed by atoms with Crippen molar-refractivity contribution >= 4 is 34.6 Å². The maximum absolute atomic E-state index is 15.2. The first-order chi connectivity index (χ1) is 20.1. The number of benzene rings is 2. The van der Waals surface area contributed by atoms with E-state index in [0.29, 0.717) is 59.9 Å². The number of alkyl carbamates (subject to hydrolysis) is 1. The Morgan fingerprint density at radius 3 is 2.52 bits per heavy atom. The number of ether oxygens (including phenoxy) is 1. The second kappa shape index (κ2) is 10.6. The normalized spacial score (nSPS) is 16.6. The largest absolute Gasteiger partial charge is 0.444 e. The minimum absolute atomic E-state index is 0.0947. The predicted molar refractivity (Wildman–Crippen MR) is 160 cm³/mol. The fourth-order valence-electron chi connectivity index (χ4n) is 5.45. The van der Waals surface area contributed by atoms with Crippen LogP contribution in [0, 0.1) is 18.2 Å². The number of terminal acetylenes is 1. The number of carbonyl (C=O) groups is 1. The van der Waals surface area contributed by atoms with Gasteiger partial charge in [-0.2, -0.15) is 10.1 Å². The molecular formula is C32H34FN7O2. The van der Waals surface area contributed by atoms with E-state index in [-0.39, 0.29) is 11.7 Å². The molecule has 0 spiro atoms. The molecule has 1 aliphatic carbocycles. The van der Waals surface area contributed by atoms with Crippen molar-refractivity contribution in [3.8, 4) is 12.3 Å². The molecule has 3 heterocycles. The molecule has 0 bridgehead atoms. The van der Waals surface area contributed by atoms with E-state index in [2.05, 4.69) is 31.7 Å². The highest BCUT2D eigenvalue weighted by atomic mass is 19.1. The Morgan fingerprint density at radius 2 is 1.86 bits per heavy atom. The van der Waals surface area contributed by atoms with Crippen LogP contribution in [0.3, 0.4) is 0 Å². The van der Waals surface area contributed by atoms with Crippen molar-refractivity contribution in [2.24, 2.45) is 0 Å². The van der Waals surface area contributed by atoms with Gasteiger partial charge in [-0.3, -0.25) is 5.10 Å². The van der Waals surface area contributed by atoms with Crippen LogP contribution in [0.15, 0.2) is 48.5 Å². The Kier molecular flexibility index (Phi) is 6.97. The Hall–Kier alpha value is -4.65. The monoisotopic (exact) mass is 567 g/mol. The number of aromatic amines is 1. The van der Waals surface area contributed by atoms with Crippen LogP contribution in [0.2, 0.25) is 0 Å². The van der Waals surface area contributed by atoms with Gasteiger partial charge in [-0.05, 0) is 70.2 Å². The van der Waals surface area contributed by atoms with E-state index < -0.39 is 23.1 Å². The molecule has 10 heteroatoms. The molecule has 42 heavy (non-hydrogen) atoms. The van der Waals surface area contributed by atoms with Crippen molar-refractivity contribution in [3.05, 3.63) is 71.2 Å². The van der Waals surface area contributed by atoms with Crippen LogP contribution in [0.25, 0.3) is 10.9 Å². The van der Waals surface area contributed by atoms with Gasteiger partial charge in [-0.1, -0.05) is 36.3 Å². The van der Waals surface area contributed by atoms with Crippen LogP contribution in [0.4, 0.5) is 26.8 Å². The third-order valence-corrected chi connectivity index (χ3v) is 7.77. The summed E-state index contributed by atoms with van der Waals surface area (Å²) in [5.74, 6) is 3.46. The third kappa shape index (κ3) is 5.59. The van der Waals surface area contributed by atoms with Crippen LogP contribution in [0.5, 0.6) is 0 Å². The number of rotatable bonds is 6. The van der Waals surface area contributed by atoms with E-state index in [1.54, 1.807) is 0 Å². The Morgan fingerprint density at radius 1 is 1.12 bits per heavy atom. The molecule has 0 atom stereocenters. The second-order valence-corrected chi connectivity index (χ2v) is 12.0. The quantitative estimate of drug-likeness (QED) is 0.241. The molecule has 3 N–H and O–H groups in total. The van der Waals surface area contributed by atoms with Crippen molar-refractivity contribution in [2.75, 3.05) is 23.3 Å². The number of nitrogens with zero attached hydrogens (tertiary/aromatic N) is 4. The van der Waals surface area contributed by atoms with Crippen molar-refractivity contribution < 1.29 is 13.9 Å². The first-order valence-electron chi connectivity index (χ1n) is 14.2. The van der Waals surface area contributed by atoms with E-state index in [4.69, 9.17) is 21.1 Å². The molecular weight excluding hydrogens is 533 g/mol. The molecule has 2 fully saturated rings. The van der Waals surface area contributed by atoms with Crippen molar-refractivity contribution in [3.63, 3.8) is 0 Å². The summed E-state index contributed by atoms with van der Waals surface area (Å²) in [4.78, 5) is 24.7. The summed E-state index contributed by atoms with van der Waals surface area (Å²) in [5.41, 5.74) is 1.65. The lowest BCUT2D eigenvalue weighted by Crippen LogP contribution is -2.54. The Bertz CT molecular complexity index is 1660. The molecule has 9 nitrogen and oxygen atoms in total. The number of fused-ring (bicyclic) bond motifs is 1. The summed E-state index contributed by atoms with van der Waals surface area (Å²) in [6.45, 7) is 6.69. The maximum atomic E-state index is 15.2. The van der Waals surface area contributed by atoms with Crippen LogP contribution in [-0.4, -0.2) is 44.9 Å². The molecule has 2 aromatic heterocycles. The molecule has 1 amide bonds. The number of H-pyrrole nitrogens is 1. The molecule has 1 saturated heterocycles. The van der Waals surface area contributed by atoms with Crippen molar-refractivity contribution in [1.29, 1.82) is 0 Å². The standard InChI is InChI=1S/C32H34FN7O2/c1-5-20-11-14-24-23(19-20)27(35-28-25(33)26(38-39-28)21-12-13-21)36-29(34-24)40-17-15-32(16-18-40,22-9-7-6-8-10-22)37-30(41)42-31(2,3)4/h1,6-11,14,19,21H,12-13,15-18H2,2-4H3,(H,37,41)(H2,34,35,36,38,39). The molecule has 0 radical (unpaired) electrons. The van der Waals surface area contributed by atoms with E-state index in [0.717, 1.165) is 18.4 Å². The third-order valence-electron chi connectivity index (χ3n) is 7.77. The van der Waals surface area contributed by atoms with Gasteiger partial charge in [0.25, 0.3) is 0 Å². The van der Waals surface area contributed by atoms with E-state index in [1.165, 1.54) is 0 Å². The summed E-state index contributed by atoms with van der Waals surface area (Å²) >= 11 is 0. The summed E-state index contributed by atoms with van der Waals surface area (Å²) in [7, 11) is 0. The zero-order chi connectivity index (χ0) is 29.5. The minimum Gasteiger partial charge on any atom is -0.444 e. The lowest BCUT2D eigenvalue weighted by atomic mass is 9.81. The molecule has 2 aliphatic rings. The number of carbonyl (C=O) groups excluding carboxylic acids is 1. The fourth-order valence-corrected chi connectivity index (χ4v) is 5.45. The number of halogens is 1. The van der Waals surface area contributed by atoms with E-state index in [1.807, 2.05) is 69.3 Å². The Balaban J connectivity index is 1.30. The molecule has 1 saturated carbocycles. The highest BCUT2D eigenvalue weighted by Crippen LogP contribution is 2.42. The SMILES string of the molecule is C#Cc1ccc2nc(N3CCC(NC(=O)OC(C)(C)C)(c4ccccc4)CC3)nc(Nc3n[nH]c(C4CC4)c3F)c2c1. The van der Waals surface area contributed by atoms with Gasteiger partial charge in [-0.15, -0.1) is 6.42 Å². The molecule has 0 unspecified atom stereocenters. The predicted octanol–water partition coefficient (Wildman–Crippen LogP) is 6.11. The van der Waals surface area contributed by atoms with Gasteiger partial charge in [0.15, 0.2) is 11.6 Å². The molecule has 4 aromatic rings. The van der Waals surface area contributed by atoms with Gasteiger partial charge in [0, 0.05) is 30.0 Å². The lowest BCUT2D eigenvalue weighted by Gasteiger charge is -2.43. The zero-order valence-electron chi connectivity index (χ0n) is 24.0. The lowest BCUT2D eigenvalue weighted by molar-refractivity contribution is 0.0431. The highest BCUT2D eigenvalue weighted by Gasteiger charge is 2.39. The van der Waals surface area contributed by atoms with Gasteiger partial charge in [-0.25, -0.2) is 14.2 Å². The molecule has 1 aliphatic heterocycles. The maximum Gasteiger partial charge on any atom is 0.408 e. The van der Waals surface area contributed by atoms with E-state index in [9.17, 15) is 4.79 Å². The van der Waals surface area contributed by atoms with Gasteiger partial charge in [0.1, 0.15) is 11.4 Å². The number of hydrogen-bond donors (Lipinski definition) is 3. The van der Waals surface area contributed by atoms with Crippen LogP contribution < -0.4 is 15.5 Å². The van der Waals surface area contributed by atoms with Gasteiger partial charge >= 0.3 is 6.09 Å². The van der Waals surface area contributed by atoms with Crippen molar-refractivity contribution in [2.45, 2.75) is 63.5 Å². The van der Waals surface area contributed by atoms with Crippen molar-refractivity contribution in [1.82, 2.24) is 25.5 Å². The number of amides is 1. The van der Waals surface area contributed by atoms with Gasteiger partial charge < -0.3 is 20.3 Å². The average molecular weight is 568 g/mol. The number of hydrogen-bond acceptors (Lipinski definition) is 7. The van der Waals surface area contributed by atoms with Crippen LogP contribution in [0.1, 0.15) is 69.2 Å². The number of anilines is 3.